The molecule has 2 fully saturated rings. The quantitative estimate of drug-likeness (QED) is 0.863. The van der Waals surface area contributed by atoms with Crippen LogP contribution in [0.5, 0.6) is 0 Å². The molecule has 0 aromatic carbocycles. The number of amides is 1. The molecule has 0 bridgehead atoms. The zero-order valence-corrected chi connectivity index (χ0v) is 12.9. The van der Waals surface area contributed by atoms with Crippen LogP contribution in [-0.4, -0.2) is 28.9 Å². The van der Waals surface area contributed by atoms with Gasteiger partial charge in [-0.05, 0) is 44.1 Å². The lowest BCUT2D eigenvalue weighted by Crippen LogP contribution is -2.44. The minimum Gasteiger partial charge on any atom is -0.397 e. The highest BCUT2D eigenvalue weighted by atomic mass is 16.2. The summed E-state index contributed by atoms with van der Waals surface area (Å²) in [6.45, 7) is 3.64. The second kappa shape index (κ2) is 5.66. The molecule has 1 saturated carbocycles. The summed E-state index contributed by atoms with van der Waals surface area (Å²) in [5.41, 5.74) is 8.29. The van der Waals surface area contributed by atoms with Gasteiger partial charge in [0.1, 0.15) is 0 Å². The normalized spacial score (nSPS) is 21.5. The average Bonchev–Trinajstić information content (AvgIpc) is 2.51. The predicted molar refractivity (Wildman–Crippen MR) is 84.0 cm³/mol. The summed E-state index contributed by atoms with van der Waals surface area (Å²) in [4.78, 5) is 18.9. The first-order valence-electron chi connectivity index (χ1n) is 8.11. The summed E-state index contributed by atoms with van der Waals surface area (Å²) in [5, 5.41) is 0. The zero-order chi connectivity index (χ0) is 14.9. The Hall–Kier alpha value is -1.58. The fourth-order valence-corrected chi connectivity index (χ4v) is 3.92. The van der Waals surface area contributed by atoms with Gasteiger partial charge in [0.25, 0.3) is 5.91 Å². The van der Waals surface area contributed by atoms with Crippen LogP contribution in [0.4, 0.5) is 5.69 Å². The Morgan fingerprint density at radius 3 is 2.52 bits per heavy atom. The van der Waals surface area contributed by atoms with Gasteiger partial charge in [-0.25, -0.2) is 0 Å². The molecule has 2 heterocycles. The van der Waals surface area contributed by atoms with Gasteiger partial charge in [-0.15, -0.1) is 0 Å². The molecule has 4 nitrogen and oxygen atoms in total. The third kappa shape index (κ3) is 2.89. The molecule has 3 rings (SSSR count). The van der Waals surface area contributed by atoms with Crippen molar-refractivity contribution in [2.45, 2.75) is 51.9 Å². The van der Waals surface area contributed by atoms with Crippen molar-refractivity contribution in [2.75, 3.05) is 18.8 Å². The maximum atomic E-state index is 12.7. The van der Waals surface area contributed by atoms with Crippen molar-refractivity contribution < 1.29 is 4.79 Å². The molecule has 21 heavy (non-hydrogen) atoms. The van der Waals surface area contributed by atoms with E-state index in [2.05, 4.69) is 4.98 Å². The topological polar surface area (TPSA) is 59.2 Å². The number of carbonyl (C=O) groups excluding carboxylic acids is 1. The second-order valence-corrected chi connectivity index (χ2v) is 6.75. The highest BCUT2D eigenvalue weighted by Gasteiger charge is 2.37. The monoisotopic (exact) mass is 287 g/mol. The van der Waals surface area contributed by atoms with Crippen LogP contribution >= 0.6 is 0 Å². The van der Waals surface area contributed by atoms with Gasteiger partial charge in [-0.1, -0.05) is 19.3 Å². The highest BCUT2D eigenvalue weighted by Crippen LogP contribution is 2.44. The van der Waals surface area contributed by atoms with Crippen molar-refractivity contribution >= 4 is 11.6 Å². The van der Waals surface area contributed by atoms with Gasteiger partial charge in [0.2, 0.25) is 0 Å². The van der Waals surface area contributed by atoms with Gasteiger partial charge in [-0.3, -0.25) is 9.78 Å². The van der Waals surface area contributed by atoms with Crippen LogP contribution in [0.15, 0.2) is 12.3 Å². The average molecular weight is 287 g/mol. The van der Waals surface area contributed by atoms with Crippen LogP contribution in [0.25, 0.3) is 0 Å². The van der Waals surface area contributed by atoms with Crippen LogP contribution in [0.2, 0.25) is 0 Å². The third-order valence-electron chi connectivity index (χ3n) is 5.36. The highest BCUT2D eigenvalue weighted by molar-refractivity contribution is 5.96. The number of anilines is 1. The third-order valence-corrected chi connectivity index (χ3v) is 5.36. The van der Waals surface area contributed by atoms with Crippen molar-refractivity contribution in [2.24, 2.45) is 5.41 Å². The van der Waals surface area contributed by atoms with Crippen LogP contribution in [0, 0.1) is 12.3 Å². The maximum absolute atomic E-state index is 12.7. The molecule has 114 valence electrons. The number of likely N-dealkylation sites (tertiary alicyclic amines) is 1. The van der Waals surface area contributed by atoms with E-state index in [1.165, 1.54) is 32.1 Å². The molecule has 1 aromatic rings. The van der Waals surface area contributed by atoms with E-state index >= 15 is 0 Å². The number of rotatable bonds is 1. The van der Waals surface area contributed by atoms with Crippen molar-refractivity contribution in [1.82, 2.24) is 9.88 Å². The van der Waals surface area contributed by atoms with Gasteiger partial charge < -0.3 is 10.6 Å². The van der Waals surface area contributed by atoms with E-state index in [0.29, 0.717) is 16.7 Å². The smallest absolute Gasteiger partial charge is 0.255 e. The maximum Gasteiger partial charge on any atom is 0.255 e. The molecule has 1 aromatic heterocycles. The first kappa shape index (κ1) is 14.4. The Labute approximate surface area is 126 Å². The van der Waals surface area contributed by atoms with Gasteiger partial charge >= 0.3 is 0 Å². The summed E-state index contributed by atoms with van der Waals surface area (Å²) in [7, 11) is 0. The van der Waals surface area contributed by atoms with E-state index in [0.717, 1.165) is 31.6 Å². The molecular weight excluding hydrogens is 262 g/mol. The lowest BCUT2D eigenvalue weighted by molar-refractivity contribution is 0.0471. The Kier molecular flexibility index (Phi) is 3.87. The van der Waals surface area contributed by atoms with E-state index in [1.807, 2.05) is 11.8 Å². The molecule has 0 unspecified atom stereocenters. The Morgan fingerprint density at radius 1 is 1.19 bits per heavy atom. The summed E-state index contributed by atoms with van der Waals surface area (Å²) >= 11 is 0. The summed E-state index contributed by atoms with van der Waals surface area (Å²) in [6, 6.07) is 1.76. The number of nitrogens with zero attached hydrogens (tertiary/aromatic N) is 2. The van der Waals surface area contributed by atoms with Crippen LogP contribution in [0.3, 0.4) is 0 Å². The number of carbonyl (C=O) groups is 1. The van der Waals surface area contributed by atoms with Crippen molar-refractivity contribution in [3.63, 3.8) is 0 Å². The number of hydrogen-bond donors (Lipinski definition) is 1. The van der Waals surface area contributed by atoms with Gasteiger partial charge in [0, 0.05) is 13.1 Å². The van der Waals surface area contributed by atoms with Crippen molar-refractivity contribution in [3.05, 3.63) is 23.5 Å². The molecule has 1 aliphatic heterocycles. The molecule has 1 amide bonds. The molecule has 2 N–H and O–H groups in total. The molecule has 0 radical (unpaired) electrons. The molecule has 1 saturated heterocycles. The molecule has 1 aliphatic carbocycles. The fourth-order valence-electron chi connectivity index (χ4n) is 3.92. The second-order valence-electron chi connectivity index (χ2n) is 6.75. The Bertz CT molecular complexity index is 525. The van der Waals surface area contributed by atoms with Crippen LogP contribution in [-0.2, 0) is 0 Å². The minimum atomic E-state index is 0.0953. The fraction of sp³-hybridized carbons (Fsp3) is 0.647. The van der Waals surface area contributed by atoms with Gasteiger partial charge in [0.15, 0.2) is 0 Å². The zero-order valence-electron chi connectivity index (χ0n) is 12.9. The number of nitrogen functional groups attached to an aromatic ring is 1. The number of aryl methyl sites for hydroxylation is 1. The lowest BCUT2D eigenvalue weighted by Gasteiger charge is -2.44. The van der Waals surface area contributed by atoms with Crippen molar-refractivity contribution in [1.29, 1.82) is 0 Å². The van der Waals surface area contributed by atoms with Crippen LogP contribution < -0.4 is 5.73 Å². The summed E-state index contributed by atoms with van der Waals surface area (Å²) in [5.74, 6) is 0.0953. The largest absolute Gasteiger partial charge is 0.397 e. The van der Waals surface area contributed by atoms with E-state index < -0.39 is 0 Å². The number of aromatic nitrogens is 1. The van der Waals surface area contributed by atoms with Gasteiger partial charge in [0.05, 0.1) is 23.1 Å². The van der Waals surface area contributed by atoms with Crippen LogP contribution in [0.1, 0.15) is 61.0 Å². The summed E-state index contributed by atoms with van der Waals surface area (Å²) < 4.78 is 0. The summed E-state index contributed by atoms with van der Waals surface area (Å²) in [6.07, 6.45) is 10.8. The predicted octanol–water partition coefficient (Wildman–Crippen LogP) is 3.16. The first-order valence-corrected chi connectivity index (χ1v) is 8.11. The molecule has 4 heteroatoms. The number of nitrogens with two attached hydrogens (primary N) is 1. The SMILES string of the molecule is Cc1ncc(N)cc1C(=O)N1CCC2(CCCCC2)CC1. The van der Waals surface area contributed by atoms with E-state index in [1.54, 1.807) is 12.3 Å². The Balaban J connectivity index is 1.69. The molecule has 1 spiro atoms. The standard InChI is InChI=1S/C17H25N3O/c1-13-15(11-14(18)12-19-13)16(21)20-9-7-17(8-10-20)5-3-2-4-6-17/h11-12H,2-10,18H2,1H3. The van der Waals surface area contributed by atoms with E-state index in [4.69, 9.17) is 5.73 Å². The van der Waals surface area contributed by atoms with Gasteiger partial charge in [-0.2, -0.15) is 0 Å². The number of piperidine rings is 1. The molecular formula is C17H25N3O. The van der Waals surface area contributed by atoms with E-state index in [9.17, 15) is 4.79 Å². The minimum absolute atomic E-state index is 0.0953. The van der Waals surface area contributed by atoms with Crippen molar-refractivity contribution in [3.8, 4) is 0 Å². The molecule has 2 aliphatic rings. The number of hydrogen-bond acceptors (Lipinski definition) is 3. The Morgan fingerprint density at radius 2 is 1.86 bits per heavy atom. The van der Waals surface area contributed by atoms with E-state index in [-0.39, 0.29) is 5.91 Å². The molecule has 0 atom stereocenters. The first-order chi connectivity index (χ1) is 10.1. The lowest BCUT2D eigenvalue weighted by atomic mass is 9.68. The number of pyridine rings is 1.